The molecule has 152 valence electrons. The van der Waals surface area contributed by atoms with Crippen LogP contribution in [-0.4, -0.2) is 21.5 Å². The van der Waals surface area contributed by atoms with Crippen molar-refractivity contribution < 1.29 is 9.26 Å². The molecule has 0 bridgehead atoms. The van der Waals surface area contributed by atoms with Gasteiger partial charge in [0.05, 0.1) is 23.9 Å². The minimum atomic E-state index is -2.52. The summed E-state index contributed by atoms with van der Waals surface area (Å²) in [5, 5.41) is 3.10. The summed E-state index contributed by atoms with van der Waals surface area (Å²) in [5.74, 6) is 0. The zero-order valence-corrected chi connectivity index (χ0v) is 18.9. The molecule has 3 nitrogen and oxygen atoms in total. The van der Waals surface area contributed by atoms with Crippen LogP contribution < -0.4 is 15.9 Å². The Morgan fingerprint density at radius 2 is 1.28 bits per heavy atom. The third-order valence-electron chi connectivity index (χ3n) is 4.98. The number of nitrogens with one attached hydrogen (secondary N) is 1. The molecule has 0 spiro atoms. The van der Waals surface area contributed by atoms with E-state index in [9.17, 15) is 0 Å². The van der Waals surface area contributed by atoms with Crippen molar-refractivity contribution in [1.29, 1.82) is 0 Å². The summed E-state index contributed by atoms with van der Waals surface area (Å²) in [5.41, 5.74) is 3.67. The van der Waals surface area contributed by atoms with Crippen LogP contribution in [0.4, 0.5) is 5.69 Å². The largest absolute Gasteiger partial charge is 0.405 e. The summed E-state index contributed by atoms with van der Waals surface area (Å²) in [6, 6.07) is 28.7. The first-order valence-electron chi connectivity index (χ1n) is 9.82. The molecule has 0 saturated heterocycles. The molecule has 0 fully saturated rings. The number of para-hydroxylation sites is 1. The van der Waals surface area contributed by atoms with Crippen molar-refractivity contribution in [3.05, 3.63) is 90.0 Å². The van der Waals surface area contributed by atoms with Crippen molar-refractivity contribution >= 4 is 36.0 Å². The fourth-order valence-corrected chi connectivity index (χ4v) is 8.39. The van der Waals surface area contributed by atoms with Gasteiger partial charge in [-0.1, -0.05) is 105 Å². The third kappa shape index (κ3) is 4.90. The molecule has 0 aliphatic carbocycles. The first-order valence-corrected chi connectivity index (χ1v) is 12.1. The van der Waals surface area contributed by atoms with E-state index in [1.54, 1.807) is 0 Å². The predicted octanol–water partition coefficient (Wildman–Crippen LogP) is 5.26. The topological polar surface area (TPSA) is 30.5 Å². The molecule has 0 atom stereocenters. The van der Waals surface area contributed by atoms with Gasteiger partial charge in [-0.3, -0.25) is 10.3 Å². The average molecular weight is 426 g/mol. The van der Waals surface area contributed by atoms with E-state index in [4.69, 9.17) is 20.9 Å². The van der Waals surface area contributed by atoms with E-state index >= 15 is 0 Å². The lowest BCUT2D eigenvalue weighted by atomic mass is 10.2. The maximum Gasteiger partial charge on any atom is 0.261 e. The molecule has 1 N–H and O–H groups in total. The Morgan fingerprint density at radius 1 is 0.759 bits per heavy atom. The smallest absolute Gasteiger partial charge is 0.261 e. The summed E-state index contributed by atoms with van der Waals surface area (Å²) < 4.78 is 6.78. The Balaban J connectivity index is 1.80. The molecular formula is C24H28ClNO2Si. The predicted molar refractivity (Wildman–Crippen MR) is 125 cm³/mol. The number of benzene rings is 3. The fourth-order valence-electron chi connectivity index (χ4n) is 3.67. The molecule has 0 aliphatic rings. The molecule has 0 aliphatic heterocycles. The Bertz CT molecular complexity index is 858. The molecule has 0 saturated carbocycles. The van der Waals surface area contributed by atoms with E-state index in [1.165, 1.54) is 10.4 Å². The highest BCUT2D eigenvalue weighted by Crippen LogP contribution is 2.36. The molecule has 5 heteroatoms. The Morgan fingerprint density at radius 3 is 1.79 bits per heavy atom. The SMILES string of the molecule is CC(C)(C)[Si](OCCONc1ccccc1Cl)(c1ccccc1)c1ccccc1. The van der Waals surface area contributed by atoms with Crippen LogP contribution in [0.3, 0.4) is 0 Å². The Hall–Kier alpha value is -2.11. The first kappa shape index (κ1) is 21.6. The van der Waals surface area contributed by atoms with Crippen LogP contribution in [0.2, 0.25) is 10.1 Å². The van der Waals surface area contributed by atoms with Crippen molar-refractivity contribution in [1.82, 2.24) is 0 Å². The van der Waals surface area contributed by atoms with Gasteiger partial charge in [-0.15, -0.1) is 0 Å². The van der Waals surface area contributed by atoms with Gasteiger partial charge in [0, 0.05) is 0 Å². The molecule has 3 aromatic carbocycles. The Labute approximate surface area is 179 Å². The molecule has 29 heavy (non-hydrogen) atoms. The molecule has 0 unspecified atom stereocenters. The normalized spacial score (nSPS) is 12.0. The van der Waals surface area contributed by atoms with Crippen LogP contribution in [-0.2, 0) is 9.26 Å². The highest BCUT2D eigenvalue weighted by molar-refractivity contribution is 6.99. The standard InChI is InChI=1S/C24H28ClNO2Si/c1-24(2,3)29(20-12-6-4-7-13-20,21-14-8-5-9-15-21)28-19-18-27-26-23-17-11-10-16-22(23)25/h4-17,26H,18-19H2,1-3H3. The van der Waals surface area contributed by atoms with Crippen LogP contribution in [0.15, 0.2) is 84.9 Å². The van der Waals surface area contributed by atoms with Gasteiger partial charge < -0.3 is 4.43 Å². The van der Waals surface area contributed by atoms with Gasteiger partial charge in [-0.05, 0) is 27.5 Å². The minimum absolute atomic E-state index is 0.0497. The van der Waals surface area contributed by atoms with Gasteiger partial charge in [-0.25, -0.2) is 0 Å². The molecule has 0 aromatic heterocycles. The zero-order valence-electron chi connectivity index (χ0n) is 17.2. The van der Waals surface area contributed by atoms with E-state index in [-0.39, 0.29) is 5.04 Å². The summed E-state index contributed by atoms with van der Waals surface area (Å²) in [6.07, 6.45) is 0. The van der Waals surface area contributed by atoms with E-state index < -0.39 is 8.32 Å². The lowest BCUT2D eigenvalue weighted by molar-refractivity contribution is 0.138. The maximum absolute atomic E-state index is 6.78. The van der Waals surface area contributed by atoms with Crippen molar-refractivity contribution in [2.75, 3.05) is 18.7 Å². The molecule has 0 radical (unpaired) electrons. The average Bonchev–Trinajstić information content (AvgIpc) is 2.72. The maximum atomic E-state index is 6.78. The van der Waals surface area contributed by atoms with Crippen LogP contribution >= 0.6 is 11.6 Å². The van der Waals surface area contributed by atoms with Gasteiger partial charge >= 0.3 is 0 Å². The van der Waals surface area contributed by atoms with E-state index in [1.807, 2.05) is 36.4 Å². The van der Waals surface area contributed by atoms with E-state index in [0.717, 1.165) is 5.69 Å². The van der Waals surface area contributed by atoms with Crippen molar-refractivity contribution in [3.8, 4) is 0 Å². The second kappa shape index (κ2) is 9.59. The quantitative estimate of drug-likeness (QED) is 0.303. The van der Waals surface area contributed by atoms with Crippen molar-refractivity contribution in [2.24, 2.45) is 0 Å². The minimum Gasteiger partial charge on any atom is -0.405 e. The van der Waals surface area contributed by atoms with Gasteiger partial charge in [0.2, 0.25) is 0 Å². The van der Waals surface area contributed by atoms with Crippen LogP contribution in [0.1, 0.15) is 20.8 Å². The van der Waals surface area contributed by atoms with Crippen molar-refractivity contribution in [3.63, 3.8) is 0 Å². The van der Waals surface area contributed by atoms with E-state index in [2.05, 4.69) is 74.8 Å². The Kier molecular flexibility index (Phi) is 7.14. The lowest BCUT2D eigenvalue weighted by Gasteiger charge is -2.43. The second-order valence-corrected chi connectivity index (χ2v) is 12.7. The molecule has 3 aromatic rings. The summed E-state index contributed by atoms with van der Waals surface area (Å²) in [7, 11) is -2.52. The molecule has 0 heterocycles. The summed E-state index contributed by atoms with van der Waals surface area (Å²) >= 11 is 6.16. The third-order valence-corrected chi connectivity index (χ3v) is 10.3. The number of hydrogen-bond acceptors (Lipinski definition) is 3. The number of anilines is 1. The first-order chi connectivity index (χ1) is 13.9. The highest BCUT2D eigenvalue weighted by Gasteiger charge is 2.49. The van der Waals surface area contributed by atoms with Gasteiger partial charge in [0.15, 0.2) is 0 Å². The number of hydrogen-bond donors (Lipinski definition) is 1. The van der Waals surface area contributed by atoms with Crippen LogP contribution in [0.25, 0.3) is 0 Å². The fraction of sp³-hybridized carbons (Fsp3) is 0.250. The van der Waals surface area contributed by atoms with Gasteiger partial charge in [0.1, 0.15) is 0 Å². The van der Waals surface area contributed by atoms with E-state index in [0.29, 0.717) is 18.2 Å². The number of rotatable bonds is 8. The van der Waals surface area contributed by atoms with Crippen LogP contribution in [0.5, 0.6) is 0 Å². The molecule has 0 amide bonds. The zero-order chi connectivity index (χ0) is 20.7. The summed E-state index contributed by atoms with van der Waals surface area (Å²) in [4.78, 5) is 5.64. The molecular weight excluding hydrogens is 398 g/mol. The monoisotopic (exact) mass is 425 g/mol. The lowest BCUT2D eigenvalue weighted by Crippen LogP contribution is -2.66. The summed E-state index contributed by atoms with van der Waals surface area (Å²) in [6.45, 7) is 7.69. The second-order valence-electron chi connectivity index (χ2n) is 7.94. The number of halogens is 1. The highest BCUT2D eigenvalue weighted by atomic mass is 35.5. The van der Waals surface area contributed by atoms with Gasteiger partial charge in [0.25, 0.3) is 8.32 Å². The van der Waals surface area contributed by atoms with Crippen LogP contribution in [0, 0.1) is 0 Å². The molecule has 3 rings (SSSR count). The van der Waals surface area contributed by atoms with Gasteiger partial charge in [-0.2, -0.15) is 0 Å². The van der Waals surface area contributed by atoms with Crippen molar-refractivity contribution in [2.45, 2.75) is 25.8 Å².